The number of hydrogen-bond acceptors (Lipinski definition) is 4. The summed E-state index contributed by atoms with van der Waals surface area (Å²) in [6, 6.07) is 6.66. The summed E-state index contributed by atoms with van der Waals surface area (Å²) in [5.41, 5.74) is 6.20. The fraction of sp³-hybridized carbons (Fsp3) is 0. The van der Waals surface area contributed by atoms with Crippen molar-refractivity contribution in [3.05, 3.63) is 41.8 Å². The molecule has 0 aliphatic rings. The molecule has 0 atom stereocenters. The summed E-state index contributed by atoms with van der Waals surface area (Å²) in [6.45, 7) is 0. The molecule has 0 radical (unpaired) electrons. The van der Waals surface area contributed by atoms with Crippen LogP contribution < -0.4 is 10.5 Å². The summed E-state index contributed by atoms with van der Waals surface area (Å²) in [7, 11) is 0. The molecule has 5 heteroatoms. The van der Waals surface area contributed by atoms with E-state index in [4.69, 9.17) is 22.1 Å². The minimum atomic E-state index is 0.428. The number of nitrogens with zero attached hydrogens (tertiary/aromatic N) is 2. The highest BCUT2D eigenvalue weighted by atomic mass is 35.5. The third kappa shape index (κ3) is 2.35. The van der Waals surface area contributed by atoms with Crippen LogP contribution in [-0.4, -0.2) is 9.97 Å². The van der Waals surface area contributed by atoms with Crippen LogP contribution in [0.4, 0.5) is 5.69 Å². The van der Waals surface area contributed by atoms with Gasteiger partial charge in [0.15, 0.2) is 0 Å². The molecular formula is C10H8ClN3O. The molecule has 4 nitrogen and oxygen atoms in total. The standard InChI is InChI=1S/C10H8ClN3O/c11-8-2-1-7(12)5-9(8)15-10-3-4-13-6-14-10/h1-6H,12H2. The van der Waals surface area contributed by atoms with Gasteiger partial charge < -0.3 is 10.5 Å². The maximum absolute atomic E-state index is 5.92. The Morgan fingerprint density at radius 1 is 1.27 bits per heavy atom. The Morgan fingerprint density at radius 3 is 2.87 bits per heavy atom. The third-order valence-corrected chi connectivity index (χ3v) is 2.04. The first kappa shape index (κ1) is 9.73. The highest BCUT2D eigenvalue weighted by molar-refractivity contribution is 6.32. The molecule has 0 aliphatic heterocycles. The summed E-state index contributed by atoms with van der Waals surface area (Å²) in [6.07, 6.45) is 2.98. The van der Waals surface area contributed by atoms with E-state index in [1.807, 2.05) is 0 Å². The maximum Gasteiger partial charge on any atom is 0.222 e. The highest BCUT2D eigenvalue weighted by Crippen LogP contribution is 2.29. The van der Waals surface area contributed by atoms with E-state index in [0.717, 1.165) is 0 Å². The van der Waals surface area contributed by atoms with Gasteiger partial charge in [-0.15, -0.1) is 0 Å². The maximum atomic E-state index is 5.92. The number of benzene rings is 1. The largest absolute Gasteiger partial charge is 0.437 e. The Kier molecular flexibility index (Phi) is 2.69. The average Bonchev–Trinajstić information content (AvgIpc) is 2.25. The number of nitrogen functional groups attached to an aromatic ring is 1. The molecule has 0 fully saturated rings. The zero-order valence-electron chi connectivity index (χ0n) is 7.72. The van der Waals surface area contributed by atoms with Gasteiger partial charge in [-0.05, 0) is 12.1 Å². The van der Waals surface area contributed by atoms with Gasteiger partial charge in [0.2, 0.25) is 5.88 Å². The van der Waals surface area contributed by atoms with Gasteiger partial charge in [-0.2, -0.15) is 0 Å². The predicted octanol–water partition coefficient (Wildman–Crippen LogP) is 2.50. The van der Waals surface area contributed by atoms with Gasteiger partial charge in [0, 0.05) is 24.0 Å². The first-order valence-electron chi connectivity index (χ1n) is 4.24. The van der Waals surface area contributed by atoms with Gasteiger partial charge >= 0.3 is 0 Å². The third-order valence-electron chi connectivity index (χ3n) is 1.72. The normalized spacial score (nSPS) is 9.93. The summed E-state index contributed by atoms with van der Waals surface area (Å²) in [5.74, 6) is 0.910. The Balaban J connectivity index is 2.28. The SMILES string of the molecule is Nc1ccc(Cl)c(Oc2ccncn2)c1. The van der Waals surface area contributed by atoms with Crippen molar-refractivity contribution in [2.75, 3.05) is 5.73 Å². The van der Waals surface area contributed by atoms with Crippen LogP contribution in [0.15, 0.2) is 36.8 Å². The Morgan fingerprint density at radius 2 is 2.13 bits per heavy atom. The molecule has 15 heavy (non-hydrogen) atoms. The zero-order valence-corrected chi connectivity index (χ0v) is 8.48. The van der Waals surface area contributed by atoms with Crippen molar-refractivity contribution >= 4 is 17.3 Å². The van der Waals surface area contributed by atoms with Crippen LogP contribution in [0.2, 0.25) is 5.02 Å². The number of anilines is 1. The fourth-order valence-electron chi connectivity index (χ4n) is 1.05. The van der Waals surface area contributed by atoms with Gasteiger partial charge in [0.05, 0.1) is 5.02 Å². The highest BCUT2D eigenvalue weighted by Gasteiger charge is 2.03. The van der Waals surface area contributed by atoms with Crippen molar-refractivity contribution in [2.24, 2.45) is 0 Å². The van der Waals surface area contributed by atoms with E-state index < -0.39 is 0 Å². The summed E-state index contributed by atoms with van der Waals surface area (Å²) >= 11 is 5.92. The van der Waals surface area contributed by atoms with Crippen LogP contribution >= 0.6 is 11.6 Å². The molecule has 0 spiro atoms. The van der Waals surface area contributed by atoms with Gasteiger partial charge in [0.25, 0.3) is 0 Å². The number of rotatable bonds is 2. The van der Waals surface area contributed by atoms with Crippen molar-refractivity contribution in [3.63, 3.8) is 0 Å². The number of nitrogens with two attached hydrogens (primary N) is 1. The lowest BCUT2D eigenvalue weighted by Crippen LogP contribution is -1.91. The smallest absolute Gasteiger partial charge is 0.222 e. The Labute approximate surface area is 91.7 Å². The second-order valence-corrected chi connectivity index (χ2v) is 3.25. The molecule has 2 rings (SSSR count). The van der Waals surface area contributed by atoms with E-state index in [9.17, 15) is 0 Å². The quantitative estimate of drug-likeness (QED) is 0.792. The zero-order chi connectivity index (χ0) is 10.7. The van der Waals surface area contributed by atoms with Crippen LogP contribution in [0.5, 0.6) is 11.6 Å². The number of aromatic nitrogens is 2. The molecule has 0 unspecified atom stereocenters. The molecule has 0 saturated carbocycles. The second kappa shape index (κ2) is 4.14. The van der Waals surface area contributed by atoms with Crippen LogP contribution in [-0.2, 0) is 0 Å². The van der Waals surface area contributed by atoms with E-state index in [0.29, 0.717) is 22.3 Å². The molecule has 1 aromatic carbocycles. The minimum absolute atomic E-state index is 0.428. The lowest BCUT2D eigenvalue weighted by Gasteiger charge is -2.06. The van der Waals surface area contributed by atoms with Crippen LogP contribution in [0.3, 0.4) is 0 Å². The molecule has 1 aromatic heterocycles. The lowest BCUT2D eigenvalue weighted by atomic mass is 10.3. The Bertz CT molecular complexity index is 461. The summed E-state index contributed by atoms with van der Waals surface area (Å²) in [5, 5.41) is 0.489. The molecule has 0 bridgehead atoms. The van der Waals surface area contributed by atoms with Gasteiger partial charge in [-0.1, -0.05) is 11.6 Å². The van der Waals surface area contributed by atoms with Crippen molar-refractivity contribution in [2.45, 2.75) is 0 Å². The molecule has 2 aromatic rings. The van der Waals surface area contributed by atoms with Crippen molar-refractivity contribution < 1.29 is 4.74 Å². The molecule has 0 aliphatic carbocycles. The summed E-state index contributed by atoms with van der Waals surface area (Å²) < 4.78 is 5.43. The van der Waals surface area contributed by atoms with Gasteiger partial charge in [0.1, 0.15) is 12.1 Å². The van der Waals surface area contributed by atoms with Crippen LogP contribution in [0.25, 0.3) is 0 Å². The predicted molar refractivity (Wildman–Crippen MR) is 58.0 cm³/mol. The molecule has 0 amide bonds. The molecule has 1 heterocycles. The number of hydrogen-bond donors (Lipinski definition) is 1. The molecular weight excluding hydrogens is 214 g/mol. The van der Waals surface area contributed by atoms with E-state index in [1.54, 1.807) is 30.5 Å². The summed E-state index contributed by atoms with van der Waals surface area (Å²) in [4.78, 5) is 7.69. The lowest BCUT2D eigenvalue weighted by molar-refractivity contribution is 0.462. The van der Waals surface area contributed by atoms with Gasteiger partial charge in [-0.25, -0.2) is 9.97 Å². The van der Waals surface area contributed by atoms with E-state index in [-0.39, 0.29) is 0 Å². The van der Waals surface area contributed by atoms with Gasteiger partial charge in [-0.3, -0.25) is 0 Å². The first-order chi connectivity index (χ1) is 7.25. The van der Waals surface area contributed by atoms with Crippen molar-refractivity contribution in [3.8, 4) is 11.6 Å². The monoisotopic (exact) mass is 221 g/mol. The fourth-order valence-corrected chi connectivity index (χ4v) is 1.21. The van der Waals surface area contributed by atoms with Crippen molar-refractivity contribution in [1.82, 2.24) is 9.97 Å². The molecule has 0 saturated heterocycles. The topological polar surface area (TPSA) is 61.0 Å². The van der Waals surface area contributed by atoms with Crippen molar-refractivity contribution in [1.29, 1.82) is 0 Å². The minimum Gasteiger partial charge on any atom is -0.437 e. The van der Waals surface area contributed by atoms with Crippen LogP contribution in [0, 0.1) is 0 Å². The second-order valence-electron chi connectivity index (χ2n) is 2.84. The molecule has 2 N–H and O–H groups in total. The van der Waals surface area contributed by atoms with Crippen LogP contribution in [0.1, 0.15) is 0 Å². The van der Waals surface area contributed by atoms with E-state index in [2.05, 4.69) is 9.97 Å². The molecule has 76 valence electrons. The number of halogens is 1. The average molecular weight is 222 g/mol. The Hall–Kier alpha value is -1.81. The van der Waals surface area contributed by atoms with E-state index in [1.165, 1.54) is 6.33 Å². The first-order valence-corrected chi connectivity index (χ1v) is 4.62. The number of ether oxygens (including phenoxy) is 1. The van der Waals surface area contributed by atoms with E-state index >= 15 is 0 Å².